The van der Waals surface area contributed by atoms with Gasteiger partial charge < -0.3 is 10.1 Å². The number of urea groups is 1. The highest BCUT2D eigenvalue weighted by Gasteiger charge is 2.31. The first-order chi connectivity index (χ1) is 13.4. The Labute approximate surface area is 167 Å². The van der Waals surface area contributed by atoms with Crippen LogP contribution in [0.1, 0.15) is 18.3 Å². The number of rotatable bonds is 6. The van der Waals surface area contributed by atoms with Crippen LogP contribution in [-0.2, 0) is 14.3 Å². The molecule has 0 saturated carbocycles. The van der Waals surface area contributed by atoms with E-state index in [9.17, 15) is 14.4 Å². The number of imide groups is 1. The highest BCUT2D eigenvalue weighted by molar-refractivity contribution is 8.00. The van der Waals surface area contributed by atoms with E-state index in [4.69, 9.17) is 4.74 Å². The highest BCUT2D eigenvalue weighted by atomic mass is 32.2. The molecule has 0 radical (unpaired) electrons. The van der Waals surface area contributed by atoms with Crippen LogP contribution in [-0.4, -0.2) is 57.5 Å². The first-order valence-corrected chi connectivity index (χ1v) is 9.90. The van der Waals surface area contributed by atoms with Crippen molar-refractivity contribution in [3.8, 4) is 5.69 Å². The van der Waals surface area contributed by atoms with Crippen LogP contribution in [0.4, 0.5) is 4.79 Å². The monoisotopic (exact) mass is 402 g/mol. The van der Waals surface area contributed by atoms with Gasteiger partial charge in [0.2, 0.25) is 0 Å². The Morgan fingerprint density at radius 1 is 1.29 bits per heavy atom. The number of carbonyl (C=O) groups excluding carboxylic acids is 3. The van der Waals surface area contributed by atoms with E-state index < -0.39 is 24.0 Å². The van der Waals surface area contributed by atoms with Crippen LogP contribution in [0.3, 0.4) is 0 Å². The predicted octanol–water partition coefficient (Wildman–Crippen LogP) is 2.06. The van der Waals surface area contributed by atoms with E-state index in [1.807, 2.05) is 48.9 Å². The number of ether oxygens (including phenoxy) is 1. The fourth-order valence-corrected chi connectivity index (χ4v) is 3.85. The molecule has 2 heterocycles. The molecular weight excluding hydrogens is 380 g/mol. The largest absolute Gasteiger partial charge is 0.452 e. The van der Waals surface area contributed by atoms with Crippen LogP contribution >= 0.6 is 11.8 Å². The summed E-state index contributed by atoms with van der Waals surface area (Å²) in [6.07, 6.45) is -1.01. The van der Waals surface area contributed by atoms with Gasteiger partial charge >= 0.3 is 12.0 Å². The first-order valence-electron chi connectivity index (χ1n) is 8.91. The van der Waals surface area contributed by atoms with Crippen molar-refractivity contribution < 1.29 is 19.1 Å². The molecule has 28 heavy (non-hydrogen) atoms. The number of aryl methyl sites for hydroxylation is 1. The molecular formula is C19H22N4O4S. The van der Waals surface area contributed by atoms with Gasteiger partial charge in [-0.15, -0.1) is 11.8 Å². The molecule has 1 aromatic carbocycles. The van der Waals surface area contributed by atoms with Gasteiger partial charge in [-0.05, 0) is 32.9 Å². The minimum absolute atomic E-state index is 0.0476. The summed E-state index contributed by atoms with van der Waals surface area (Å²) >= 11 is 1.32. The number of hydrogen-bond donors (Lipinski definition) is 1. The fourth-order valence-electron chi connectivity index (χ4n) is 2.97. The minimum atomic E-state index is -1.01. The summed E-state index contributed by atoms with van der Waals surface area (Å²) < 4.78 is 7.04. The molecule has 1 aromatic heterocycles. The van der Waals surface area contributed by atoms with Gasteiger partial charge in [0.1, 0.15) is 0 Å². The number of thioether (sulfide) groups is 1. The fraction of sp³-hybridized carbons (Fsp3) is 0.368. The first kappa shape index (κ1) is 19.9. The van der Waals surface area contributed by atoms with Crippen LogP contribution in [0.2, 0.25) is 0 Å². The smallest absolute Gasteiger partial charge is 0.324 e. The third-order valence-corrected chi connectivity index (χ3v) is 5.60. The summed E-state index contributed by atoms with van der Waals surface area (Å²) in [5.41, 5.74) is 2.69. The summed E-state index contributed by atoms with van der Waals surface area (Å²) in [5, 5.41) is 7.09. The van der Waals surface area contributed by atoms with Gasteiger partial charge in [0.25, 0.3) is 5.91 Å². The molecule has 0 unspecified atom stereocenters. The number of hydrogen-bond acceptors (Lipinski definition) is 6. The van der Waals surface area contributed by atoms with Gasteiger partial charge in [0.05, 0.1) is 27.7 Å². The quantitative estimate of drug-likeness (QED) is 0.587. The summed E-state index contributed by atoms with van der Waals surface area (Å²) in [6, 6.07) is 9.29. The van der Waals surface area contributed by atoms with Crippen molar-refractivity contribution in [1.82, 2.24) is 20.0 Å². The molecule has 148 valence electrons. The van der Waals surface area contributed by atoms with Gasteiger partial charge in [-0.3, -0.25) is 14.5 Å². The molecule has 3 rings (SSSR count). The van der Waals surface area contributed by atoms with E-state index in [2.05, 4.69) is 10.4 Å². The van der Waals surface area contributed by atoms with E-state index in [-0.39, 0.29) is 12.3 Å². The summed E-state index contributed by atoms with van der Waals surface area (Å²) in [6.45, 7) is 5.99. The Morgan fingerprint density at radius 3 is 2.64 bits per heavy atom. The molecule has 0 aliphatic carbocycles. The van der Waals surface area contributed by atoms with Gasteiger partial charge in [-0.1, -0.05) is 18.2 Å². The number of benzene rings is 1. The van der Waals surface area contributed by atoms with E-state index >= 15 is 0 Å². The number of nitrogens with one attached hydrogen (secondary N) is 1. The molecule has 1 aliphatic rings. The normalized spacial score (nSPS) is 14.7. The minimum Gasteiger partial charge on any atom is -0.452 e. The number of esters is 1. The maximum absolute atomic E-state index is 12.2. The summed E-state index contributed by atoms with van der Waals surface area (Å²) in [7, 11) is 0. The lowest BCUT2D eigenvalue weighted by atomic mass is 10.3. The average Bonchev–Trinajstić information content (AvgIpc) is 3.23. The molecule has 0 spiro atoms. The average molecular weight is 402 g/mol. The van der Waals surface area contributed by atoms with E-state index in [1.54, 1.807) is 0 Å². The van der Waals surface area contributed by atoms with Gasteiger partial charge in [0.15, 0.2) is 6.10 Å². The number of carbonyl (C=O) groups is 3. The molecule has 1 atom stereocenters. The van der Waals surface area contributed by atoms with Gasteiger partial charge in [0, 0.05) is 13.1 Å². The zero-order valence-corrected chi connectivity index (χ0v) is 16.8. The van der Waals surface area contributed by atoms with Gasteiger partial charge in [-0.2, -0.15) is 5.10 Å². The number of para-hydroxylation sites is 1. The van der Waals surface area contributed by atoms with Crippen molar-refractivity contribution in [2.75, 3.05) is 18.8 Å². The Morgan fingerprint density at radius 2 is 2.00 bits per heavy atom. The SMILES string of the molecule is Cc1nn(-c2ccccc2)c(C)c1SCC(=O)O[C@@H](C)C(=O)N1CCNC1=O. The van der Waals surface area contributed by atoms with Crippen molar-refractivity contribution in [3.63, 3.8) is 0 Å². The lowest BCUT2D eigenvalue weighted by Gasteiger charge is -2.18. The second-order valence-corrected chi connectivity index (χ2v) is 7.38. The molecule has 8 nitrogen and oxygen atoms in total. The topological polar surface area (TPSA) is 93.5 Å². The van der Waals surface area contributed by atoms with E-state index in [0.717, 1.165) is 26.9 Å². The zero-order chi connectivity index (χ0) is 20.3. The Bertz CT molecular complexity index is 897. The molecule has 2 aromatic rings. The molecule has 9 heteroatoms. The second-order valence-electron chi connectivity index (χ2n) is 6.39. The van der Waals surface area contributed by atoms with Crippen molar-refractivity contribution in [1.29, 1.82) is 0 Å². The van der Waals surface area contributed by atoms with E-state index in [0.29, 0.717) is 6.54 Å². The molecule has 3 amide bonds. The summed E-state index contributed by atoms with van der Waals surface area (Å²) in [4.78, 5) is 37.9. The van der Waals surface area contributed by atoms with Crippen LogP contribution in [0.5, 0.6) is 0 Å². The van der Waals surface area contributed by atoms with Crippen LogP contribution in [0.25, 0.3) is 5.69 Å². The van der Waals surface area contributed by atoms with Crippen molar-refractivity contribution in [3.05, 3.63) is 41.7 Å². The van der Waals surface area contributed by atoms with Crippen LogP contribution in [0, 0.1) is 13.8 Å². The third kappa shape index (κ3) is 4.19. The molecule has 1 aliphatic heterocycles. The summed E-state index contributed by atoms with van der Waals surface area (Å²) in [5.74, 6) is -0.985. The van der Waals surface area contributed by atoms with Crippen molar-refractivity contribution >= 4 is 29.7 Å². The molecule has 0 bridgehead atoms. The van der Waals surface area contributed by atoms with Crippen molar-refractivity contribution in [2.24, 2.45) is 0 Å². The number of amides is 3. The zero-order valence-electron chi connectivity index (χ0n) is 16.0. The maximum Gasteiger partial charge on any atom is 0.324 e. The lowest BCUT2D eigenvalue weighted by molar-refractivity contribution is -0.155. The molecule has 1 fully saturated rings. The third-order valence-electron chi connectivity index (χ3n) is 4.34. The van der Waals surface area contributed by atoms with Crippen LogP contribution < -0.4 is 5.32 Å². The molecule has 1 saturated heterocycles. The number of aromatic nitrogens is 2. The van der Waals surface area contributed by atoms with Crippen LogP contribution in [0.15, 0.2) is 35.2 Å². The number of nitrogens with zero attached hydrogens (tertiary/aromatic N) is 3. The second kappa shape index (κ2) is 8.47. The molecule has 1 N–H and O–H groups in total. The van der Waals surface area contributed by atoms with Crippen molar-refractivity contribution in [2.45, 2.75) is 31.8 Å². The van der Waals surface area contributed by atoms with E-state index in [1.165, 1.54) is 18.7 Å². The van der Waals surface area contributed by atoms with Gasteiger partial charge in [-0.25, -0.2) is 9.48 Å². The maximum atomic E-state index is 12.2. The Kier molecular flexibility index (Phi) is 6.03. The Hall–Kier alpha value is -2.81. The standard InChI is InChI=1S/C19H22N4O4S/c1-12-17(13(2)23(21-12)15-7-5-4-6-8-15)28-11-16(24)27-14(3)18(25)22-10-9-20-19(22)26/h4-8,14H,9-11H2,1-3H3,(H,20,26)/t14-/m0/s1. The lowest BCUT2D eigenvalue weighted by Crippen LogP contribution is -2.42. The highest BCUT2D eigenvalue weighted by Crippen LogP contribution is 2.28. The Balaban J connectivity index is 1.60. The predicted molar refractivity (Wildman–Crippen MR) is 104 cm³/mol.